The molecule has 0 aliphatic rings. The third-order valence-electron chi connectivity index (χ3n) is 2.57. The highest BCUT2D eigenvalue weighted by atomic mass is 16.5. The van der Waals surface area contributed by atoms with Gasteiger partial charge >= 0.3 is 0 Å². The molecule has 0 saturated heterocycles. The van der Waals surface area contributed by atoms with Crippen LogP contribution in [0.4, 0.5) is 0 Å². The number of aliphatic hydroxyl groups excluding tert-OH is 1. The number of carbonyl (C=O) groups excluding carboxylic acids is 1. The van der Waals surface area contributed by atoms with E-state index in [9.17, 15) is 4.79 Å². The molecule has 0 unspecified atom stereocenters. The van der Waals surface area contributed by atoms with Crippen molar-refractivity contribution in [2.45, 2.75) is 12.8 Å². The molecule has 0 aliphatic carbocycles. The molecule has 0 heterocycles. The molecule has 1 aromatic rings. The van der Waals surface area contributed by atoms with Gasteiger partial charge in [0.2, 0.25) is 5.91 Å². The molecule has 4 heteroatoms. The zero-order chi connectivity index (χ0) is 12.7. The van der Waals surface area contributed by atoms with Gasteiger partial charge in [-0.05, 0) is 24.1 Å². The lowest BCUT2D eigenvalue weighted by molar-refractivity contribution is -0.129. The molecule has 4 nitrogen and oxygen atoms in total. The van der Waals surface area contributed by atoms with Crippen LogP contribution in [0.3, 0.4) is 0 Å². The topological polar surface area (TPSA) is 49.8 Å². The Morgan fingerprint density at radius 2 is 2.24 bits per heavy atom. The fraction of sp³-hybridized carbons (Fsp3) is 0.462. The molecule has 0 fully saturated rings. The second-order valence-electron chi connectivity index (χ2n) is 3.92. The molecule has 0 aromatic heterocycles. The van der Waals surface area contributed by atoms with Crippen molar-refractivity contribution >= 4 is 5.91 Å². The lowest BCUT2D eigenvalue weighted by atomic mass is 10.1. The molecule has 0 saturated carbocycles. The normalized spacial score (nSPS) is 10.1. The Morgan fingerprint density at radius 1 is 1.47 bits per heavy atom. The summed E-state index contributed by atoms with van der Waals surface area (Å²) in [6.07, 6.45) is 0.972. The number of ether oxygens (including phenoxy) is 1. The van der Waals surface area contributed by atoms with Crippen LogP contribution in [0.5, 0.6) is 5.75 Å². The van der Waals surface area contributed by atoms with Crippen molar-refractivity contribution in [2.75, 3.05) is 27.3 Å². The number of benzene rings is 1. The molecule has 17 heavy (non-hydrogen) atoms. The number of hydrogen-bond donors (Lipinski definition) is 1. The third kappa shape index (κ3) is 4.44. The highest BCUT2D eigenvalue weighted by molar-refractivity contribution is 5.78. The number of hydrogen-bond acceptors (Lipinski definition) is 3. The van der Waals surface area contributed by atoms with E-state index >= 15 is 0 Å². The lowest BCUT2D eigenvalue weighted by Crippen LogP contribution is -2.29. The minimum absolute atomic E-state index is 0.0479. The summed E-state index contributed by atoms with van der Waals surface area (Å²) in [4.78, 5) is 13.5. The minimum Gasteiger partial charge on any atom is -0.497 e. The molecular weight excluding hydrogens is 218 g/mol. The molecule has 0 atom stereocenters. The first-order valence-corrected chi connectivity index (χ1v) is 5.65. The molecule has 1 aromatic carbocycles. The lowest BCUT2D eigenvalue weighted by Gasteiger charge is -2.16. The van der Waals surface area contributed by atoms with Gasteiger partial charge < -0.3 is 14.7 Å². The number of likely N-dealkylation sites (N-methyl/N-ethyl adjacent to an activating group) is 1. The average molecular weight is 237 g/mol. The quantitative estimate of drug-likeness (QED) is 0.805. The predicted octanol–water partition coefficient (Wildman–Crippen LogP) is 1.08. The van der Waals surface area contributed by atoms with Crippen LogP contribution in [0.1, 0.15) is 12.0 Å². The number of nitrogens with zero attached hydrogens (tertiary/aromatic N) is 1. The van der Waals surface area contributed by atoms with Crippen LogP contribution < -0.4 is 4.74 Å². The van der Waals surface area contributed by atoms with Gasteiger partial charge in [-0.25, -0.2) is 0 Å². The van der Waals surface area contributed by atoms with E-state index in [4.69, 9.17) is 9.84 Å². The second kappa shape index (κ2) is 6.91. The Morgan fingerprint density at radius 3 is 2.88 bits per heavy atom. The average Bonchev–Trinajstić information content (AvgIpc) is 2.36. The summed E-state index contributed by atoms with van der Waals surface area (Å²) in [5.41, 5.74) is 0.935. The van der Waals surface area contributed by atoms with E-state index in [1.807, 2.05) is 24.3 Å². The van der Waals surface area contributed by atoms with E-state index in [0.717, 1.165) is 11.3 Å². The van der Waals surface area contributed by atoms with Crippen molar-refractivity contribution in [3.8, 4) is 5.75 Å². The molecule has 0 bridgehead atoms. The SMILES string of the molecule is COc1cccc(CC(=O)N(C)CCCO)c1. The number of carbonyl (C=O) groups is 1. The van der Waals surface area contributed by atoms with Crippen molar-refractivity contribution in [2.24, 2.45) is 0 Å². The maximum absolute atomic E-state index is 11.8. The van der Waals surface area contributed by atoms with Crippen molar-refractivity contribution in [1.82, 2.24) is 4.90 Å². The van der Waals surface area contributed by atoms with E-state index in [-0.39, 0.29) is 12.5 Å². The molecule has 0 aliphatic heterocycles. The zero-order valence-electron chi connectivity index (χ0n) is 10.3. The first-order valence-electron chi connectivity index (χ1n) is 5.65. The van der Waals surface area contributed by atoms with Gasteiger partial charge in [-0.3, -0.25) is 4.79 Å². The first-order chi connectivity index (χ1) is 8.17. The first kappa shape index (κ1) is 13.5. The van der Waals surface area contributed by atoms with Crippen LogP contribution in [0.2, 0.25) is 0 Å². The van der Waals surface area contributed by atoms with Gasteiger partial charge in [0.1, 0.15) is 5.75 Å². The highest BCUT2D eigenvalue weighted by Crippen LogP contribution is 2.13. The standard InChI is InChI=1S/C13H19NO3/c1-14(7-4-8-15)13(16)10-11-5-3-6-12(9-11)17-2/h3,5-6,9,15H,4,7-8,10H2,1-2H3. The van der Waals surface area contributed by atoms with Crippen LogP contribution in [0, 0.1) is 0 Å². The largest absolute Gasteiger partial charge is 0.497 e. The predicted molar refractivity (Wildman–Crippen MR) is 66.0 cm³/mol. The third-order valence-corrected chi connectivity index (χ3v) is 2.57. The number of amides is 1. The van der Waals surface area contributed by atoms with Crippen molar-refractivity contribution in [3.63, 3.8) is 0 Å². The summed E-state index contributed by atoms with van der Waals surface area (Å²) in [5, 5.41) is 8.70. The van der Waals surface area contributed by atoms with E-state index in [2.05, 4.69) is 0 Å². The van der Waals surface area contributed by atoms with E-state index in [1.165, 1.54) is 0 Å². The molecule has 1 amide bonds. The van der Waals surface area contributed by atoms with Gasteiger partial charge in [0.15, 0.2) is 0 Å². The van der Waals surface area contributed by atoms with E-state index in [1.54, 1.807) is 19.1 Å². The van der Waals surface area contributed by atoms with Crippen molar-refractivity contribution in [1.29, 1.82) is 0 Å². The highest BCUT2D eigenvalue weighted by Gasteiger charge is 2.09. The fourth-order valence-electron chi connectivity index (χ4n) is 1.52. The molecule has 1 rings (SSSR count). The Hall–Kier alpha value is -1.55. The summed E-state index contributed by atoms with van der Waals surface area (Å²) >= 11 is 0. The Kier molecular flexibility index (Phi) is 5.49. The zero-order valence-corrected chi connectivity index (χ0v) is 10.3. The molecule has 0 spiro atoms. The van der Waals surface area contributed by atoms with Gasteiger partial charge in [0.25, 0.3) is 0 Å². The van der Waals surface area contributed by atoms with Gasteiger partial charge in [-0.2, -0.15) is 0 Å². The van der Waals surface area contributed by atoms with Crippen LogP contribution in [0.15, 0.2) is 24.3 Å². The van der Waals surface area contributed by atoms with Crippen molar-refractivity contribution < 1.29 is 14.6 Å². The van der Waals surface area contributed by atoms with Gasteiger partial charge in [0.05, 0.1) is 13.5 Å². The van der Waals surface area contributed by atoms with E-state index < -0.39 is 0 Å². The monoisotopic (exact) mass is 237 g/mol. The summed E-state index contributed by atoms with van der Waals surface area (Å²) in [6, 6.07) is 7.48. The Balaban J connectivity index is 2.54. The maximum Gasteiger partial charge on any atom is 0.226 e. The summed E-state index contributed by atoms with van der Waals surface area (Å²) < 4.78 is 5.10. The van der Waals surface area contributed by atoms with E-state index in [0.29, 0.717) is 19.4 Å². The molecule has 0 radical (unpaired) electrons. The van der Waals surface area contributed by atoms with Crippen LogP contribution in [-0.2, 0) is 11.2 Å². The Labute approximate surface area is 102 Å². The van der Waals surface area contributed by atoms with Crippen LogP contribution in [-0.4, -0.2) is 43.2 Å². The number of aliphatic hydroxyl groups is 1. The molecular formula is C13H19NO3. The van der Waals surface area contributed by atoms with Crippen LogP contribution >= 0.6 is 0 Å². The fourth-order valence-corrected chi connectivity index (χ4v) is 1.52. The van der Waals surface area contributed by atoms with Crippen molar-refractivity contribution in [3.05, 3.63) is 29.8 Å². The van der Waals surface area contributed by atoms with Crippen LogP contribution in [0.25, 0.3) is 0 Å². The Bertz CT molecular complexity index is 365. The number of methoxy groups -OCH3 is 1. The molecule has 94 valence electrons. The van der Waals surface area contributed by atoms with Gasteiger partial charge in [0, 0.05) is 20.2 Å². The smallest absolute Gasteiger partial charge is 0.226 e. The summed E-state index contributed by atoms with van der Waals surface area (Å²) in [7, 11) is 3.35. The number of rotatable bonds is 6. The minimum atomic E-state index is 0.0479. The summed E-state index contributed by atoms with van der Waals surface area (Å²) in [5.74, 6) is 0.806. The van der Waals surface area contributed by atoms with Gasteiger partial charge in [-0.1, -0.05) is 12.1 Å². The molecule has 1 N–H and O–H groups in total. The van der Waals surface area contributed by atoms with Gasteiger partial charge in [-0.15, -0.1) is 0 Å². The maximum atomic E-state index is 11.8. The second-order valence-corrected chi connectivity index (χ2v) is 3.92. The summed E-state index contributed by atoms with van der Waals surface area (Å²) in [6.45, 7) is 0.691.